The largest absolute Gasteiger partial charge is 0.480 e. The zero-order chi connectivity index (χ0) is 13.7. The maximum absolute atomic E-state index is 11.7. The second kappa shape index (κ2) is 5.84. The highest BCUT2D eigenvalue weighted by molar-refractivity contribution is 5.87. The highest BCUT2D eigenvalue weighted by Gasteiger charge is 2.26. The molecule has 0 saturated carbocycles. The Morgan fingerprint density at radius 3 is 2.56 bits per heavy atom. The van der Waals surface area contributed by atoms with Gasteiger partial charge in [0.05, 0.1) is 6.04 Å². The maximum Gasteiger partial charge on any atom is 0.323 e. The van der Waals surface area contributed by atoms with E-state index in [9.17, 15) is 19.2 Å². The van der Waals surface area contributed by atoms with Crippen LogP contribution in [0.25, 0.3) is 0 Å². The number of carboxylic acid groups (broad SMARTS) is 1. The SMILES string of the molecule is NC(=O)CN(CC(=O)O)C(=O)NC1CNC(=O)C1. The van der Waals surface area contributed by atoms with E-state index in [4.69, 9.17) is 10.8 Å². The first-order valence-corrected chi connectivity index (χ1v) is 5.20. The molecule has 0 spiro atoms. The Kier molecular flexibility index (Phi) is 4.46. The number of nitrogens with zero attached hydrogens (tertiary/aromatic N) is 1. The number of rotatable bonds is 5. The van der Waals surface area contributed by atoms with E-state index in [0.29, 0.717) is 0 Å². The fourth-order valence-electron chi connectivity index (χ4n) is 1.52. The lowest BCUT2D eigenvalue weighted by atomic mass is 10.2. The normalized spacial score (nSPS) is 18.0. The second-order valence-electron chi connectivity index (χ2n) is 3.87. The molecule has 1 aliphatic rings. The standard InChI is InChI=1S/C9H14N4O5/c10-6(14)3-13(4-8(16)17)9(18)12-5-1-7(15)11-2-5/h5H,1-4H2,(H2,10,14)(H,11,15)(H,12,18)(H,16,17). The van der Waals surface area contributed by atoms with Crippen LogP contribution in [0.15, 0.2) is 0 Å². The Bertz CT molecular complexity index is 367. The molecule has 1 unspecified atom stereocenters. The molecule has 1 saturated heterocycles. The Balaban J connectivity index is 2.55. The fourth-order valence-corrected chi connectivity index (χ4v) is 1.52. The minimum atomic E-state index is -1.26. The molecule has 0 bridgehead atoms. The molecule has 0 aromatic heterocycles. The molecule has 0 aromatic rings. The second-order valence-corrected chi connectivity index (χ2v) is 3.87. The molecule has 0 aliphatic carbocycles. The van der Waals surface area contributed by atoms with Gasteiger partial charge in [0, 0.05) is 13.0 Å². The van der Waals surface area contributed by atoms with Gasteiger partial charge in [-0.05, 0) is 0 Å². The fraction of sp³-hybridized carbons (Fsp3) is 0.556. The van der Waals surface area contributed by atoms with Crippen LogP contribution in [-0.4, -0.2) is 59.5 Å². The van der Waals surface area contributed by atoms with Crippen molar-refractivity contribution in [2.24, 2.45) is 5.73 Å². The number of hydrogen-bond donors (Lipinski definition) is 4. The molecule has 0 radical (unpaired) electrons. The lowest BCUT2D eigenvalue weighted by Gasteiger charge is -2.21. The van der Waals surface area contributed by atoms with Crippen molar-refractivity contribution in [2.75, 3.05) is 19.6 Å². The molecule has 1 rings (SSSR count). The van der Waals surface area contributed by atoms with Gasteiger partial charge in [-0.1, -0.05) is 0 Å². The van der Waals surface area contributed by atoms with Crippen molar-refractivity contribution in [3.63, 3.8) is 0 Å². The van der Waals surface area contributed by atoms with Crippen molar-refractivity contribution in [1.82, 2.24) is 15.5 Å². The average Bonchev–Trinajstić information content (AvgIpc) is 2.61. The summed E-state index contributed by atoms with van der Waals surface area (Å²) in [7, 11) is 0. The van der Waals surface area contributed by atoms with E-state index < -0.39 is 37.0 Å². The highest BCUT2D eigenvalue weighted by Crippen LogP contribution is 2.00. The number of urea groups is 1. The third kappa shape index (κ3) is 4.28. The van der Waals surface area contributed by atoms with Gasteiger partial charge in [-0.25, -0.2) is 4.79 Å². The van der Waals surface area contributed by atoms with E-state index in [2.05, 4.69) is 10.6 Å². The molecular formula is C9H14N4O5. The smallest absolute Gasteiger partial charge is 0.323 e. The summed E-state index contributed by atoms with van der Waals surface area (Å²) in [5.74, 6) is -2.26. The average molecular weight is 258 g/mol. The first-order valence-electron chi connectivity index (χ1n) is 5.20. The number of aliphatic carboxylic acids is 1. The lowest BCUT2D eigenvalue weighted by molar-refractivity contribution is -0.137. The van der Waals surface area contributed by atoms with Crippen LogP contribution in [0.1, 0.15) is 6.42 Å². The number of hydrogen-bond acceptors (Lipinski definition) is 4. The van der Waals surface area contributed by atoms with Crippen LogP contribution in [0, 0.1) is 0 Å². The quantitative estimate of drug-likeness (QED) is 0.429. The summed E-state index contributed by atoms with van der Waals surface area (Å²) in [5.41, 5.74) is 4.92. The molecule has 9 nitrogen and oxygen atoms in total. The number of primary amides is 1. The summed E-state index contributed by atoms with van der Waals surface area (Å²) in [6.07, 6.45) is 0.128. The molecule has 5 N–H and O–H groups in total. The van der Waals surface area contributed by atoms with Crippen LogP contribution in [0.2, 0.25) is 0 Å². The molecule has 0 aromatic carbocycles. The van der Waals surface area contributed by atoms with Crippen LogP contribution in [0.3, 0.4) is 0 Å². The van der Waals surface area contributed by atoms with E-state index in [1.807, 2.05) is 0 Å². The van der Waals surface area contributed by atoms with Gasteiger partial charge < -0.3 is 26.4 Å². The summed E-state index contributed by atoms with van der Waals surface area (Å²) >= 11 is 0. The molecule has 18 heavy (non-hydrogen) atoms. The Morgan fingerprint density at radius 1 is 1.44 bits per heavy atom. The van der Waals surface area contributed by atoms with Gasteiger partial charge in [-0.3, -0.25) is 14.4 Å². The lowest BCUT2D eigenvalue weighted by Crippen LogP contribution is -2.50. The van der Waals surface area contributed by atoms with Crippen molar-refractivity contribution in [3.05, 3.63) is 0 Å². The van der Waals surface area contributed by atoms with E-state index >= 15 is 0 Å². The molecule has 1 fully saturated rings. The first kappa shape index (κ1) is 13.7. The van der Waals surface area contributed by atoms with Gasteiger partial charge >= 0.3 is 12.0 Å². The third-order valence-electron chi connectivity index (χ3n) is 2.27. The molecule has 100 valence electrons. The van der Waals surface area contributed by atoms with Crippen molar-refractivity contribution in [1.29, 1.82) is 0 Å². The van der Waals surface area contributed by atoms with Gasteiger partial charge in [0.2, 0.25) is 11.8 Å². The van der Waals surface area contributed by atoms with Crippen molar-refractivity contribution >= 4 is 23.8 Å². The van der Waals surface area contributed by atoms with E-state index in [1.54, 1.807) is 0 Å². The molecule has 1 atom stereocenters. The summed E-state index contributed by atoms with van der Waals surface area (Å²) < 4.78 is 0. The van der Waals surface area contributed by atoms with Gasteiger partial charge in [-0.15, -0.1) is 0 Å². The van der Waals surface area contributed by atoms with E-state index in [0.717, 1.165) is 4.90 Å². The monoisotopic (exact) mass is 258 g/mol. The minimum Gasteiger partial charge on any atom is -0.480 e. The van der Waals surface area contributed by atoms with Crippen LogP contribution in [0.4, 0.5) is 4.79 Å². The van der Waals surface area contributed by atoms with Gasteiger partial charge in [0.1, 0.15) is 13.1 Å². The van der Waals surface area contributed by atoms with Crippen LogP contribution < -0.4 is 16.4 Å². The summed E-state index contributed by atoms with van der Waals surface area (Å²) in [4.78, 5) is 44.6. The Labute approximate surface area is 102 Å². The molecule has 1 aliphatic heterocycles. The minimum absolute atomic E-state index is 0.128. The Hall–Kier alpha value is -2.32. The number of carbonyl (C=O) groups excluding carboxylic acids is 3. The Morgan fingerprint density at radius 2 is 2.11 bits per heavy atom. The summed E-state index contributed by atoms with van der Waals surface area (Å²) in [5, 5.41) is 13.6. The number of carboxylic acids is 1. The van der Waals surface area contributed by atoms with Gasteiger partial charge in [0.25, 0.3) is 0 Å². The summed E-state index contributed by atoms with van der Waals surface area (Å²) in [6.45, 7) is -0.850. The molecule has 4 amide bonds. The number of nitrogens with two attached hydrogens (primary N) is 1. The van der Waals surface area contributed by atoms with E-state index in [1.165, 1.54) is 0 Å². The number of nitrogens with one attached hydrogen (secondary N) is 2. The zero-order valence-corrected chi connectivity index (χ0v) is 9.51. The summed E-state index contributed by atoms with van der Waals surface area (Å²) in [6, 6.07) is -1.15. The number of carbonyl (C=O) groups is 4. The highest BCUT2D eigenvalue weighted by atomic mass is 16.4. The topological polar surface area (TPSA) is 142 Å². The van der Waals surface area contributed by atoms with Crippen molar-refractivity contribution < 1.29 is 24.3 Å². The van der Waals surface area contributed by atoms with Crippen LogP contribution in [0.5, 0.6) is 0 Å². The number of amides is 4. The van der Waals surface area contributed by atoms with Gasteiger partial charge in [-0.2, -0.15) is 0 Å². The predicted molar refractivity (Wildman–Crippen MR) is 58.3 cm³/mol. The van der Waals surface area contributed by atoms with Crippen molar-refractivity contribution in [2.45, 2.75) is 12.5 Å². The molecule has 1 heterocycles. The van der Waals surface area contributed by atoms with Crippen LogP contribution >= 0.6 is 0 Å². The van der Waals surface area contributed by atoms with Crippen molar-refractivity contribution in [3.8, 4) is 0 Å². The predicted octanol–water partition coefficient (Wildman–Crippen LogP) is -2.54. The van der Waals surface area contributed by atoms with E-state index in [-0.39, 0.29) is 18.9 Å². The molecular weight excluding hydrogens is 244 g/mol. The van der Waals surface area contributed by atoms with Gasteiger partial charge in [0.15, 0.2) is 0 Å². The maximum atomic E-state index is 11.7. The third-order valence-corrected chi connectivity index (χ3v) is 2.27. The molecule has 9 heteroatoms. The first-order chi connectivity index (χ1) is 8.38. The zero-order valence-electron chi connectivity index (χ0n) is 9.51. The van der Waals surface area contributed by atoms with Crippen LogP contribution in [-0.2, 0) is 14.4 Å².